The van der Waals surface area contributed by atoms with Crippen LogP contribution in [0.4, 0.5) is 0 Å². The van der Waals surface area contributed by atoms with Crippen LogP contribution in [0.2, 0.25) is 0 Å². The summed E-state index contributed by atoms with van der Waals surface area (Å²) >= 11 is 0. The molecule has 144 valence electrons. The van der Waals surface area contributed by atoms with Gasteiger partial charge in [-0.3, -0.25) is 14.5 Å². The van der Waals surface area contributed by atoms with Gasteiger partial charge in [-0.15, -0.1) is 5.10 Å². The van der Waals surface area contributed by atoms with Gasteiger partial charge in [-0.25, -0.2) is 4.68 Å². The van der Waals surface area contributed by atoms with Crippen molar-refractivity contribution in [1.29, 1.82) is 0 Å². The number of likely N-dealkylation sites (tertiary alicyclic amines) is 1. The average molecular weight is 370 g/mol. The predicted molar refractivity (Wildman–Crippen MR) is 102 cm³/mol. The summed E-state index contributed by atoms with van der Waals surface area (Å²) in [5.41, 5.74) is 1.11. The van der Waals surface area contributed by atoms with E-state index in [1.807, 2.05) is 61.0 Å². The molecule has 1 aromatic heterocycles. The quantitative estimate of drug-likeness (QED) is 0.818. The van der Waals surface area contributed by atoms with E-state index in [1.165, 1.54) is 0 Å². The number of hydrogen-bond acceptors (Lipinski definition) is 5. The molecular weight excluding hydrogens is 344 g/mol. The highest BCUT2D eigenvalue weighted by Gasteiger charge is 2.37. The summed E-state index contributed by atoms with van der Waals surface area (Å²) in [5.74, 6) is -0.152. The first-order chi connectivity index (χ1) is 13.0. The molecule has 0 spiro atoms. The molecule has 3 rings (SSSR count). The topological polar surface area (TPSA) is 83.4 Å². The third-order valence-electron chi connectivity index (χ3n) is 4.99. The Morgan fingerprint density at radius 1 is 1.22 bits per heavy atom. The van der Waals surface area contributed by atoms with Gasteiger partial charge >= 0.3 is 0 Å². The molecule has 0 saturated carbocycles. The Hall–Kier alpha value is -2.74. The van der Waals surface area contributed by atoms with Gasteiger partial charge in [0.05, 0.1) is 17.9 Å². The summed E-state index contributed by atoms with van der Waals surface area (Å²) in [6, 6.07) is 9.22. The standard InChI is InChI=1S/C19H26N6O2/c1-4-24(5-2)19(27)17-11-14(12-23(17)3)20-18(26)16-13-25(22-21-16)15-9-7-6-8-10-15/h6-10,13-14,17H,4-5,11-12H2,1-3H3,(H,20,26). The number of aromatic nitrogens is 3. The summed E-state index contributed by atoms with van der Waals surface area (Å²) in [6.45, 7) is 5.98. The molecule has 1 aliphatic heterocycles. The third-order valence-corrected chi connectivity index (χ3v) is 4.99. The van der Waals surface area contributed by atoms with E-state index in [0.29, 0.717) is 26.1 Å². The molecule has 27 heavy (non-hydrogen) atoms. The molecule has 8 nitrogen and oxygen atoms in total. The van der Waals surface area contributed by atoms with Crippen LogP contribution in [-0.4, -0.2) is 75.4 Å². The second-order valence-corrected chi connectivity index (χ2v) is 6.76. The fourth-order valence-corrected chi connectivity index (χ4v) is 3.47. The maximum atomic E-state index is 12.6. The van der Waals surface area contributed by atoms with Crippen LogP contribution in [0.3, 0.4) is 0 Å². The Balaban J connectivity index is 1.62. The monoisotopic (exact) mass is 370 g/mol. The number of rotatable bonds is 6. The van der Waals surface area contributed by atoms with Crippen LogP contribution in [0.25, 0.3) is 5.69 Å². The number of likely N-dealkylation sites (N-methyl/N-ethyl adjacent to an activating group) is 2. The van der Waals surface area contributed by atoms with Crippen molar-refractivity contribution in [2.45, 2.75) is 32.4 Å². The molecule has 2 aromatic rings. The molecular formula is C19H26N6O2. The number of hydrogen-bond donors (Lipinski definition) is 1. The Bertz CT molecular complexity index is 787. The van der Waals surface area contributed by atoms with E-state index in [-0.39, 0.29) is 29.6 Å². The Kier molecular flexibility index (Phi) is 5.85. The number of carbonyl (C=O) groups excluding carboxylic acids is 2. The maximum absolute atomic E-state index is 12.6. The van der Waals surface area contributed by atoms with E-state index >= 15 is 0 Å². The molecule has 0 radical (unpaired) electrons. The highest BCUT2D eigenvalue weighted by atomic mass is 16.2. The summed E-state index contributed by atoms with van der Waals surface area (Å²) in [5, 5.41) is 11.0. The molecule has 1 fully saturated rings. The lowest BCUT2D eigenvalue weighted by Gasteiger charge is -2.26. The number of carbonyl (C=O) groups is 2. The van der Waals surface area contributed by atoms with Crippen LogP contribution in [-0.2, 0) is 4.79 Å². The highest BCUT2D eigenvalue weighted by molar-refractivity contribution is 5.92. The number of nitrogens with one attached hydrogen (secondary N) is 1. The fourth-order valence-electron chi connectivity index (χ4n) is 3.47. The zero-order valence-electron chi connectivity index (χ0n) is 16.0. The van der Waals surface area contributed by atoms with Crippen molar-refractivity contribution in [3.63, 3.8) is 0 Å². The van der Waals surface area contributed by atoms with Gasteiger partial charge in [-0.1, -0.05) is 23.4 Å². The third kappa shape index (κ3) is 4.16. The largest absolute Gasteiger partial charge is 0.346 e. The lowest BCUT2D eigenvalue weighted by Crippen LogP contribution is -2.44. The van der Waals surface area contributed by atoms with Crippen molar-refractivity contribution in [3.8, 4) is 5.69 Å². The lowest BCUT2D eigenvalue weighted by molar-refractivity contribution is -0.135. The van der Waals surface area contributed by atoms with Crippen LogP contribution in [0.5, 0.6) is 0 Å². The molecule has 1 N–H and O–H groups in total. The normalized spacial score (nSPS) is 19.8. The van der Waals surface area contributed by atoms with Crippen molar-refractivity contribution in [2.24, 2.45) is 0 Å². The molecule has 2 unspecified atom stereocenters. The number of nitrogens with zero attached hydrogens (tertiary/aromatic N) is 5. The minimum atomic E-state index is -0.272. The van der Waals surface area contributed by atoms with Gasteiger partial charge in [0.2, 0.25) is 5.91 Å². The van der Waals surface area contributed by atoms with E-state index in [2.05, 4.69) is 15.6 Å². The predicted octanol–water partition coefficient (Wildman–Crippen LogP) is 0.938. The number of amides is 2. The van der Waals surface area contributed by atoms with Crippen LogP contribution in [0.1, 0.15) is 30.8 Å². The molecule has 2 heterocycles. The van der Waals surface area contributed by atoms with Gasteiger partial charge in [0.1, 0.15) is 0 Å². The molecule has 1 saturated heterocycles. The highest BCUT2D eigenvalue weighted by Crippen LogP contribution is 2.18. The zero-order chi connectivity index (χ0) is 19.4. The van der Waals surface area contributed by atoms with E-state index < -0.39 is 0 Å². The van der Waals surface area contributed by atoms with Gasteiger partial charge < -0.3 is 10.2 Å². The minimum absolute atomic E-state index is 0.0890. The van der Waals surface area contributed by atoms with Gasteiger partial charge in [0.15, 0.2) is 5.69 Å². The van der Waals surface area contributed by atoms with Crippen molar-refractivity contribution in [3.05, 3.63) is 42.2 Å². The van der Waals surface area contributed by atoms with Gasteiger partial charge in [-0.2, -0.15) is 0 Å². The maximum Gasteiger partial charge on any atom is 0.273 e. The van der Waals surface area contributed by atoms with Crippen LogP contribution in [0.15, 0.2) is 36.5 Å². The first-order valence-corrected chi connectivity index (χ1v) is 9.31. The van der Waals surface area contributed by atoms with E-state index in [9.17, 15) is 9.59 Å². The molecule has 1 aliphatic rings. The van der Waals surface area contributed by atoms with Gasteiger partial charge in [0.25, 0.3) is 5.91 Å². The summed E-state index contributed by atoms with van der Waals surface area (Å²) < 4.78 is 1.57. The number of benzene rings is 1. The van der Waals surface area contributed by atoms with Crippen molar-refractivity contribution in [2.75, 3.05) is 26.7 Å². The molecule has 1 aromatic carbocycles. The van der Waals surface area contributed by atoms with Crippen molar-refractivity contribution < 1.29 is 9.59 Å². The fraction of sp³-hybridized carbons (Fsp3) is 0.474. The Labute approximate surface area is 159 Å². The van der Waals surface area contributed by atoms with E-state index in [4.69, 9.17) is 0 Å². The summed E-state index contributed by atoms with van der Waals surface area (Å²) in [4.78, 5) is 29.0. The molecule has 0 aliphatic carbocycles. The lowest BCUT2D eigenvalue weighted by atomic mass is 10.1. The average Bonchev–Trinajstić information content (AvgIpc) is 3.30. The number of para-hydroxylation sites is 1. The van der Waals surface area contributed by atoms with E-state index in [0.717, 1.165) is 5.69 Å². The van der Waals surface area contributed by atoms with Crippen molar-refractivity contribution in [1.82, 2.24) is 30.1 Å². The van der Waals surface area contributed by atoms with Crippen molar-refractivity contribution >= 4 is 11.8 Å². The molecule has 2 atom stereocenters. The molecule has 2 amide bonds. The Morgan fingerprint density at radius 3 is 2.59 bits per heavy atom. The second kappa shape index (κ2) is 8.30. The van der Waals surface area contributed by atoms with Crippen LogP contribution in [0, 0.1) is 0 Å². The first kappa shape index (κ1) is 19.0. The van der Waals surface area contributed by atoms with Gasteiger partial charge in [-0.05, 0) is 39.4 Å². The van der Waals surface area contributed by atoms with Gasteiger partial charge in [0, 0.05) is 25.7 Å². The minimum Gasteiger partial charge on any atom is -0.346 e. The summed E-state index contributed by atoms with van der Waals surface area (Å²) in [6.07, 6.45) is 2.21. The first-order valence-electron chi connectivity index (χ1n) is 9.31. The van der Waals surface area contributed by atoms with Crippen LogP contribution >= 0.6 is 0 Å². The summed E-state index contributed by atoms with van der Waals surface area (Å²) in [7, 11) is 1.92. The van der Waals surface area contributed by atoms with E-state index in [1.54, 1.807) is 10.9 Å². The Morgan fingerprint density at radius 2 is 1.93 bits per heavy atom. The van der Waals surface area contributed by atoms with Crippen LogP contribution < -0.4 is 5.32 Å². The second-order valence-electron chi connectivity index (χ2n) is 6.76. The molecule has 0 bridgehead atoms. The zero-order valence-corrected chi connectivity index (χ0v) is 16.0. The SMILES string of the molecule is CCN(CC)C(=O)C1CC(NC(=O)c2cn(-c3ccccc3)nn2)CN1C. The smallest absolute Gasteiger partial charge is 0.273 e. The molecule has 8 heteroatoms.